The Labute approximate surface area is 216 Å². The maximum Gasteiger partial charge on any atom is 0.416 e. The van der Waals surface area contributed by atoms with Gasteiger partial charge in [-0.05, 0) is 82.5 Å². The van der Waals surface area contributed by atoms with E-state index in [0.29, 0.717) is 11.1 Å². The van der Waals surface area contributed by atoms with Crippen LogP contribution in [0.15, 0.2) is 79.3 Å². The minimum absolute atomic E-state index is 0.0241. The van der Waals surface area contributed by atoms with Crippen LogP contribution in [0.25, 0.3) is 22.9 Å². The van der Waals surface area contributed by atoms with Gasteiger partial charge in [0.2, 0.25) is 0 Å². The zero-order chi connectivity index (χ0) is 26.9. The smallest absolute Gasteiger partial charge is 0.416 e. The maximum atomic E-state index is 13.5. The third kappa shape index (κ3) is 4.96. The fourth-order valence-corrected chi connectivity index (χ4v) is 4.78. The molecule has 8 heteroatoms. The average Bonchev–Trinajstić information content (AvgIpc) is 3.34. The van der Waals surface area contributed by atoms with Gasteiger partial charge in [0.25, 0.3) is 0 Å². The monoisotopic (exact) mass is 513 g/mol. The Morgan fingerprint density at radius 2 is 1.82 bits per heavy atom. The summed E-state index contributed by atoms with van der Waals surface area (Å²) in [7, 11) is 0. The second-order valence-corrected chi connectivity index (χ2v) is 9.19. The number of nitriles is 1. The SMILES string of the molecule is N#Cc1cc(C(F)(F)F)ccc1C(=C(c1ccc(C=CC(=O)O)cc1)c1ccc2nccn2c1)C1CCC1. The topological polar surface area (TPSA) is 78.4 Å². The Bertz CT molecular complexity index is 1620. The Hall–Kier alpha value is -4.64. The third-order valence-electron chi connectivity index (χ3n) is 6.84. The summed E-state index contributed by atoms with van der Waals surface area (Å²) in [5.41, 5.74) is 4.33. The average molecular weight is 514 g/mol. The van der Waals surface area contributed by atoms with Crippen molar-refractivity contribution >= 4 is 28.8 Å². The summed E-state index contributed by atoms with van der Waals surface area (Å²) in [6.07, 6.45) is 6.12. The van der Waals surface area contributed by atoms with Gasteiger partial charge in [-0.2, -0.15) is 18.4 Å². The molecule has 5 rings (SSSR count). The molecule has 1 saturated carbocycles. The summed E-state index contributed by atoms with van der Waals surface area (Å²) in [5, 5.41) is 18.8. The standard InChI is InChI=1S/C30H22F3N3O2/c31-30(32,33)24-10-11-25(23(16-24)17-34)29(20-2-1-3-20)28(22-9-12-26-35-14-15-36(26)18-22)21-7-4-19(5-8-21)6-13-27(37)38/h4-16,18,20H,1-3H2,(H,37,38). The number of hydrogen-bond donors (Lipinski definition) is 1. The molecule has 190 valence electrons. The van der Waals surface area contributed by atoms with Crippen LogP contribution in [-0.2, 0) is 11.0 Å². The number of halogens is 3. The quantitative estimate of drug-likeness (QED) is 0.221. The van der Waals surface area contributed by atoms with Crippen molar-refractivity contribution in [3.8, 4) is 6.07 Å². The number of hydrogen-bond acceptors (Lipinski definition) is 3. The number of fused-ring (bicyclic) bond motifs is 1. The molecule has 0 aliphatic heterocycles. The lowest BCUT2D eigenvalue weighted by atomic mass is 9.72. The highest BCUT2D eigenvalue weighted by atomic mass is 19.4. The number of nitrogens with zero attached hydrogens (tertiary/aromatic N) is 3. The second kappa shape index (κ2) is 10.0. The fraction of sp³-hybridized carbons (Fsp3) is 0.167. The molecule has 2 heterocycles. The first-order valence-corrected chi connectivity index (χ1v) is 12.0. The Morgan fingerprint density at radius 1 is 1.08 bits per heavy atom. The van der Waals surface area contributed by atoms with Crippen molar-refractivity contribution in [2.24, 2.45) is 5.92 Å². The highest BCUT2D eigenvalue weighted by Crippen LogP contribution is 2.46. The summed E-state index contributed by atoms with van der Waals surface area (Å²) >= 11 is 0. The largest absolute Gasteiger partial charge is 0.478 e. The van der Waals surface area contributed by atoms with Gasteiger partial charge in [-0.1, -0.05) is 36.8 Å². The number of carboxylic acid groups (broad SMARTS) is 1. The molecule has 0 amide bonds. The molecule has 0 unspecified atom stereocenters. The van der Waals surface area contributed by atoms with Gasteiger partial charge in [-0.15, -0.1) is 0 Å². The van der Waals surface area contributed by atoms with Gasteiger partial charge < -0.3 is 9.51 Å². The number of carbonyl (C=O) groups is 1. The van der Waals surface area contributed by atoms with Crippen LogP contribution in [0.2, 0.25) is 0 Å². The Kier molecular flexibility index (Phi) is 6.60. The van der Waals surface area contributed by atoms with Crippen molar-refractivity contribution in [3.05, 3.63) is 113 Å². The van der Waals surface area contributed by atoms with E-state index in [2.05, 4.69) is 4.98 Å². The number of aliphatic carboxylic acids is 1. The van der Waals surface area contributed by atoms with Gasteiger partial charge in [0.05, 0.1) is 17.2 Å². The zero-order valence-corrected chi connectivity index (χ0v) is 20.1. The van der Waals surface area contributed by atoms with Crippen molar-refractivity contribution in [2.75, 3.05) is 0 Å². The number of rotatable bonds is 6. The zero-order valence-electron chi connectivity index (χ0n) is 20.1. The van der Waals surface area contributed by atoms with Gasteiger partial charge in [0.15, 0.2) is 0 Å². The summed E-state index contributed by atoms with van der Waals surface area (Å²) in [6.45, 7) is 0. The number of aromatic nitrogens is 2. The van der Waals surface area contributed by atoms with Crippen LogP contribution in [0.5, 0.6) is 0 Å². The first-order chi connectivity index (χ1) is 18.2. The lowest BCUT2D eigenvalue weighted by molar-refractivity contribution is -0.137. The number of carboxylic acids is 1. The molecule has 2 aromatic heterocycles. The molecule has 0 spiro atoms. The van der Waals surface area contributed by atoms with Gasteiger partial charge >= 0.3 is 12.1 Å². The Balaban J connectivity index is 1.77. The number of alkyl halides is 3. The van der Waals surface area contributed by atoms with Crippen LogP contribution in [0, 0.1) is 17.2 Å². The van der Waals surface area contributed by atoms with E-state index >= 15 is 0 Å². The van der Waals surface area contributed by atoms with Crippen LogP contribution in [0.4, 0.5) is 13.2 Å². The molecule has 0 atom stereocenters. The summed E-state index contributed by atoms with van der Waals surface area (Å²) in [5.74, 6) is -0.985. The van der Waals surface area contributed by atoms with E-state index in [1.54, 1.807) is 18.3 Å². The van der Waals surface area contributed by atoms with E-state index in [0.717, 1.165) is 65.4 Å². The van der Waals surface area contributed by atoms with E-state index in [9.17, 15) is 23.2 Å². The maximum absolute atomic E-state index is 13.5. The van der Waals surface area contributed by atoms with Crippen molar-refractivity contribution < 1.29 is 23.1 Å². The molecular formula is C30H22F3N3O2. The molecule has 0 radical (unpaired) electrons. The fourth-order valence-electron chi connectivity index (χ4n) is 4.78. The third-order valence-corrected chi connectivity index (χ3v) is 6.84. The second-order valence-electron chi connectivity index (χ2n) is 9.19. The summed E-state index contributed by atoms with van der Waals surface area (Å²) < 4.78 is 42.2. The van der Waals surface area contributed by atoms with Crippen LogP contribution in [-0.4, -0.2) is 20.5 Å². The van der Waals surface area contributed by atoms with Crippen molar-refractivity contribution in [1.29, 1.82) is 5.26 Å². The van der Waals surface area contributed by atoms with E-state index in [1.165, 1.54) is 12.1 Å². The molecule has 1 aliphatic rings. The molecule has 1 N–H and O–H groups in total. The van der Waals surface area contributed by atoms with Crippen molar-refractivity contribution in [2.45, 2.75) is 25.4 Å². The molecular weight excluding hydrogens is 491 g/mol. The number of pyridine rings is 1. The molecule has 1 aliphatic carbocycles. The van der Waals surface area contributed by atoms with Crippen molar-refractivity contribution in [1.82, 2.24) is 9.38 Å². The molecule has 2 aromatic carbocycles. The predicted molar refractivity (Wildman–Crippen MR) is 138 cm³/mol. The van der Waals surface area contributed by atoms with Gasteiger partial charge in [-0.3, -0.25) is 0 Å². The van der Waals surface area contributed by atoms with Crippen LogP contribution in [0.3, 0.4) is 0 Å². The summed E-state index contributed by atoms with van der Waals surface area (Å²) in [6, 6.07) is 16.5. The van der Waals surface area contributed by atoms with Gasteiger partial charge in [-0.25, -0.2) is 9.78 Å². The lowest BCUT2D eigenvalue weighted by Gasteiger charge is -2.32. The number of allylic oxidation sites excluding steroid dienone is 1. The molecule has 0 bridgehead atoms. The minimum atomic E-state index is -4.56. The molecule has 1 fully saturated rings. The molecule has 4 aromatic rings. The summed E-state index contributed by atoms with van der Waals surface area (Å²) in [4.78, 5) is 15.2. The normalized spacial score (nSPS) is 14.8. The lowest BCUT2D eigenvalue weighted by Crippen LogP contribution is -2.16. The number of imidazole rings is 1. The predicted octanol–water partition coefficient (Wildman–Crippen LogP) is 7.08. The molecule has 5 nitrogen and oxygen atoms in total. The highest BCUT2D eigenvalue weighted by Gasteiger charge is 2.33. The van der Waals surface area contributed by atoms with Crippen LogP contribution < -0.4 is 0 Å². The first-order valence-electron chi connectivity index (χ1n) is 12.0. The van der Waals surface area contributed by atoms with E-state index in [-0.39, 0.29) is 11.5 Å². The van der Waals surface area contributed by atoms with E-state index < -0.39 is 17.7 Å². The van der Waals surface area contributed by atoms with E-state index in [4.69, 9.17) is 5.11 Å². The van der Waals surface area contributed by atoms with Crippen molar-refractivity contribution in [3.63, 3.8) is 0 Å². The Morgan fingerprint density at radius 3 is 2.45 bits per heavy atom. The van der Waals surface area contributed by atoms with Crippen LogP contribution in [0.1, 0.15) is 52.6 Å². The molecule has 38 heavy (non-hydrogen) atoms. The highest BCUT2D eigenvalue weighted by molar-refractivity contribution is 6.00. The first kappa shape index (κ1) is 25.0. The van der Waals surface area contributed by atoms with Gasteiger partial charge in [0, 0.05) is 24.7 Å². The van der Waals surface area contributed by atoms with E-state index in [1.807, 2.05) is 47.1 Å². The molecule has 0 saturated heterocycles. The number of benzene rings is 2. The minimum Gasteiger partial charge on any atom is -0.478 e. The van der Waals surface area contributed by atoms with Crippen LogP contribution >= 0.6 is 0 Å². The van der Waals surface area contributed by atoms with Gasteiger partial charge in [0.1, 0.15) is 5.65 Å².